The predicted molar refractivity (Wildman–Crippen MR) is 77.1 cm³/mol. The Hall–Kier alpha value is -0.870. The average molecular weight is 271 g/mol. The number of aromatic nitrogens is 2. The molecule has 0 aliphatic heterocycles. The maximum absolute atomic E-state index is 5.69. The third-order valence-corrected chi connectivity index (χ3v) is 3.23. The summed E-state index contributed by atoms with van der Waals surface area (Å²) in [4.78, 5) is 2.44. The van der Waals surface area contributed by atoms with Gasteiger partial charge in [-0.3, -0.25) is 0 Å². The molecule has 1 N–H and O–H groups in total. The van der Waals surface area contributed by atoms with Crippen LogP contribution in [0.3, 0.4) is 0 Å². The second-order valence-corrected chi connectivity index (χ2v) is 4.84. The molecule has 1 aromatic rings. The van der Waals surface area contributed by atoms with E-state index in [4.69, 9.17) is 11.6 Å². The molecule has 4 nitrogen and oxygen atoms in total. The summed E-state index contributed by atoms with van der Waals surface area (Å²) in [5, 5.41) is 11.6. The van der Waals surface area contributed by atoms with Gasteiger partial charge in [0.2, 0.25) is 0 Å². The Labute approximate surface area is 115 Å². The van der Waals surface area contributed by atoms with E-state index in [0.717, 1.165) is 31.9 Å². The second kappa shape index (κ2) is 8.27. The van der Waals surface area contributed by atoms with Crippen molar-refractivity contribution >= 4 is 17.4 Å². The van der Waals surface area contributed by atoms with E-state index in [9.17, 15) is 0 Å². The van der Waals surface area contributed by atoms with Crippen LogP contribution in [0.1, 0.15) is 33.6 Å². The largest absolute Gasteiger partial charge is 0.366 e. The van der Waals surface area contributed by atoms with Crippen molar-refractivity contribution in [2.75, 3.05) is 25.0 Å². The molecule has 0 spiro atoms. The molecule has 1 unspecified atom stereocenters. The predicted octanol–water partition coefficient (Wildman–Crippen LogP) is 3.05. The maximum atomic E-state index is 5.69. The van der Waals surface area contributed by atoms with E-state index in [1.54, 1.807) is 6.07 Å². The highest BCUT2D eigenvalue weighted by Crippen LogP contribution is 2.09. The molecule has 0 saturated heterocycles. The Morgan fingerprint density at radius 2 is 2.00 bits per heavy atom. The summed E-state index contributed by atoms with van der Waals surface area (Å²) in [7, 11) is 0. The third-order valence-electron chi connectivity index (χ3n) is 3.03. The van der Waals surface area contributed by atoms with Crippen LogP contribution in [0.25, 0.3) is 0 Å². The summed E-state index contributed by atoms with van der Waals surface area (Å²) in [6.45, 7) is 9.98. The van der Waals surface area contributed by atoms with Gasteiger partial charge in [0, 0.05) is 6.04 Å². The molecule has 0 fully saturated rings. The van der Waals surface area contributed by atoms with Gasteiger partial charge in [0.15, 0.2) is 5.15 Å². The van der Waals surface area contributed by atoms with Crippen LogP contribution >= 0.6 is 11.6 Å². The number of nitrogens with zero attached hydrogens (tertiary/aromatic N) is 3. The van der Waals surface area contributed by atoms with Crippen molar-refractivity contribution < 1.29 is 0 Å². The van der Waals surface area contributed by atoms with Crippen molar-refractivity contribution in [3.8, 4) is 0 Å². The van der Waals surface area contributed by atoms with Crippen molar-refractivity contribution in [1.82, 2.24) is 15.1 Å². The molecule has 1 heterocycles. The van der Waals surface area contributed by atoms with Crippen LogP contribution in [-0.2, 0) is 0 Å². The zero-order valence-electron chi connectivity index (χ0n) is 11.5. The molecular formula is C13H23ClN4. The minimum atomic E-state index is 0.399. The number of rotatable bonds is 8. The fraction of sp³-hybridized carbons (Fsp3) is 0.692. The molecule has 0 aliphatic carbocycles. The second-order valence-electron chi connectivity index (χ2n) is 4.46. The van der Waals surface area contributed by atoms with Crippen molar-refractivity contribution in [2.45, 2.75) is 39.7 Å². The van der Waals surface area contributed by atoms with Crippen LogP contribution in [0.2, 0.25) is 5.15 Å². The lowest BCUT2D eigenvalue weighted by atomic mass is 10.1. The van der Waals surface area contributed by atoms with Crippen LogP contribution < -0.4 is 5.32 Å². The van der Waals surface area contributed by atoms with Crippen LogP contribution in [0.5, 0.6) is 0 Å². The fourth-order valence-electron chi connectivity index (χ4n) is 1.88. The first-order chi connectivity index (χ1) is 8.65. The van der Waals surface area contributed by atoms with E-state index in [2.05, 4.69) is 41.2 Å². The van der Waals surface area contributed by atoms with Crippen molar-refractivity contribution in [2.24, 2.45) is 0 Å². The molecule has 1 aromatic heterocycles. The van der Waals surface area contributed by atoms with E-state index >= 15 is 0 Å². The monoisotopic (exact) mass is 270 g/mol. The van der Waals surface area contributed by atoms with Gasteiger partial charge in [0.1, 0.15) is 5.82 Å². The highest BCUT2D eigenvalue weighted by molar-refractivity contribution is 6.29. The Balaban J connectivity index is 2.25. The molecule has 102 valence electrons. The molecule has 0 amide bonds. The molecule has 0 radical (unpaired) electrons. The molecule has 0 bridgehead atoms. The molecule has 18 heavy (non-hydrogen) atoms. The van der Waals surface area contributed by atoms with Crippen molar-refractivity contribution in [3.05, 3.63) is 17.3 Å². The van der Waals surface area contributed by atoms with Crippen LogP contribution in [-0.4, -0.2) is 40.8 Å². The summed E-state index contributed by atoms with van der Waals surface area (Å²) in [5.41, 5.74) is 0. The quantitative estimate of drug-likeness (QED) is 0.788. The number of nitrogens with one attached hydrogen (secondary N) is 1. The van der Waals surface area contributed by atoms with E-state index in [-0.39, 0.29) is 0 Å². The lowest BCUT2D eigenvalue weighted by Gasteiger charge is -2.19. The van der Waals surface area contributed by atoms with E-state index in [1.807, 2.05) is 6.07 Å². The van der Waals surface area contributed by atoms with Gasteiger partial charge in [-0.2, -0.15) is 0 Å². The highest BCUT2D eigenvalue weighted by Gasteiger charge is 2.05. The Morgan fingerprint density at radius 1 is 1.28 bits per heavy atom. The minimum absolute atomic E-state index is 0.399. The Morgan fingerprint density at radius 3 is 2.56 bits per heavy atom. The van der Waals surface area contributed by atoms with Crippen LogP contribution in [0.4, 0.5) is 5.82 Å². The minimum Gasteiger partial charge on any atom is -0.366 e. The zero-order valence-corrected chi connectivity index (χ0v) is 12.2. The van der Waals surface area contributed by atoms with Crippen LogP contribution in [0, 0.1) is 0 Å². The van der Waals surface area contributed by atoms with Crippen molar-refractivity contribution in [1.29, 1.82) is 0 Å². The average Bonchev–Trinajstić information content (AvgIpc) is 2.37. The number of hydrogen-bond donors (Lipinski definition) is 1. The first kappa shape index (κ1) is 15.2. The first-order valence-electron chi connectivity index (χ1n) is 6.63. The number of halogens is 1. The van der Waals surface area contributed by atoms with Gasteiger partial charge in [-0.25, -0.2) is 0 Å². The standard InChI is InChI=1S/C13H23ClN4/c1-4-18(5-2)10-6-7-11(3)15-13-9-8-12(14)16-17-13/h8-9,11H,4-7,10H2,1-3H3,(H,15,17). The van der Waals surface area contributed by atoms with Gasteiger partial charge in [-0.1, -0.05) is 25.4 Å². The van der Waals surface area contributed by atoms with Gasteiger partial charge in [-0.05, 0) is 51.5 Å². The summed E-state index contributed by atoms with van der Waals surface area (Å²) in [5.74, 6) is 0.787. The maximum Gasteiger partial charge on any atom is 0.151 e. The van der Waals surface area contributed by atoms with E-state index in [0.29, 0.717) is 11.2 Å². The molecular weight excluding hydrogens is 248 g/mol. The smallest absolute Gasteiger partial charge is 0.151 e. The summed E-state index contributed by atoms with van der Waals surface area (Å²) < 4.78 is 0. The molecule has 1 rings (SSSR count). The first-order valence-corrected chi connectivity index (χ1v) is 7.01. The van der Waals surface area contributed by atoms with Crippen LogP contribution in [0.15, 0.2) is 12.1 Å². The molecule has 0 saturated carbocycles. The Bertz CT molecular complexity index is 324. The topological polar surface area (TPSA) is 41.0 Å². The number of anilines is 1. The van der Waals surface area contributed by atoms with Crippen molar-refractivity contribution in [3.63, 3.8) is 0 Å². The number of hydrogen-bond acceptors (Lipinski definition) is 4. The van der Waals surface area contributed by atoms with Gasteiger partial charge < -0.3 is 10.2 Å². The van der Waals surface area contributed by atoms with Gasteiger partial charge in [0.05, 0.1) is 0 Å². The van der Waals surface area contributed by atoms with E-state index < -0.39 is 0 Å². The zero-order chi connectivity index (χ0) is 13.4. The Kier molecular flexibility index (Phi) is 6.98. The lowest BCUT2D eigenvalue weighted by molar-refractivity contribution is 0.295. The van der Waals surface area contributed by atoms with Gasteiger partial charge in [0.25, 0.3) is 0 Å². The third kappa shape index (κ3) is 5.65. The molecule has 0 aliphatic rings. The molecule has 5 heteroatoms. The summed E-state index contributed by atoms with van der Waals surface area (Å²) >= 11 is 5.69. The summed E-state index contributed by atoms with van der Waals surface area (Å²) in [6.07, 6.45) is 2.32. The normalized spacial score (nSPS) is 12.7. The van der Waals surface area contributed by atoms with E-state index in [1.165, 1.54) is 6.42 Å². The SMILES string of the molecule is CCN(CC)CCCC(C)Nc1ccc(Cl)nn1. The fourth-order valence-corrected chi connectivity index (χ4v) is 1.98. The summed E-state index contributed by atoms with van der Waals surface area (Å²) in [6, 6.07) is 4.01. The lowest BCUT2D eigenvalue weighted by Crippen LogP contribution is -2.25. The molecule has 1 atom stereocenters. The van der Waals surface area contributed by atoms with Gasteiger partial charge >= 0.3 is 0 Å². The molecule has 0 aromatic carbocycles. The van der Waals surface area contributed by atoms with Gasteiger partial charge in [-0.15, -0.1) is 10.2 Å². The highest BCUT2D eigenvalue weighted by atomic mass is 35.5.